The number of carboxylic acid groups (broad SMARTS) is 1. The SMILES string of the molecule is NC(N)=NCCCC[C@@H](C(=O)O)N1C=C1. The Morgan fingerprint density at radius 3 is 2.53 bits per heavy atom. The Labute approximate surface area is 88.3 Å². The molecule has 0 fully saturated rings. The van der Waals surface area contributed by atoms with Crippen molar-refractivity contribution in [2.45, 2.75) is 25.3 Å². The van der Waals surface area contributed by atoms with E-state index in [1.165, 1.54) is 0 Å². The summed E-state index contributed by atoms with van der Waals surface area (Å²) in [7, 11) is 0. The summed E-state index contributed by atoms with van der Waals surface area (Å²) in [5.41, 5.74) is 10.3. The number of hydrogen-bond donors (Lipinski definition) is 3. The van der Waals surface area contributed by atoms with Crippen LogP contribution in [0.5, 0.6) is 0 Å². The zero-order valence-corrected chi connectivity index (χ0v) is 8.47. The molecule has 0 bridgehead atoms. The number of carbonyl (C=O) groups is 1. The fraction of sp³-hybridized carbons (Fsp3) is 0.556. The Balaban J connectivity index is 2.12. The van der Waals surface area contributed by atoms with Gasteiger partial charge in [0.05, 0.1) is 0 Å². The highest BCUT2D eigenvalue weighted by atomic mass is 16.4. The monoisotopic (exact) mass is 212 g/mol. The lowest BCUT2D eigenvalue weighted by Crippen LogP contribution is -2.28. The molecule has 0 aromatic rings. The lowest BCUT2D eigenvalue weighted by Gasteiger charge is -2.13. The van der Waals surface area contributed by atoms with E-state index in [0.29, 0.717) is 13.0 Å². The van der Waals surface area contributed by atoms with Crippen molar-refractivity contribution in [1.29, 1.82) is 0 Å². The average Bonchev–Trinajstić information content (AvgIpc) is 2.93. The number of carboxylic acids is 1. The third kappa shape index (κ3) is 4.35. The largest absolute Gasteiger partial charge is 0.480 e. The van der Waals surface area contributed by atoms with E-state index in [1.807, 2.05) is 0 Å². The highest BCUT2D eigenvalue weighted by Gasteiger charge is 2.25. The van der Waals surface area contributed by atoms with Crippen LogP contribution in [0, 0.1) is 0 Å². The predicted octanol–water partition coefficient (Wildman–Crippen LogP) is -0.330. The number of aliphatic imine (C=N–C) groups is 1. The van der Waals surface area contributed by atoms with Gasteiger partial charge in [-0.05, 0) is 19.3 Å². The lowest BCUT2D eigenvalue weighted by atomic mass is 10.1. The van der Waals surface area contributed by atoms with E-state index >= 15 is 0 Å². The summed E-state index contributed by atoms with van der Waals surface area (Å²) in [4.78, 5) is 16.3. The molecule has 1 aliphatic heterocycles. The van der Waals surface area contributed by atoms with Crippen LogP contribution in [-0.4, -0.2) is 34.5 Å². The maximum atomic E-state index is 10.8. The Hall–Kier alpha value is -1.72. The summed E-state index contributed by atoms with van der Waals surface area (Å²) in [5, 5.41) is 8.88. The third-order valence-electron chi connectivity index (χ3n) is 2.15. The summed E-state index contributed by atoms with van der Waals surface area (Å²) in [6.07, 6.45) is 5.73. The lowest BCUT2D eigenvalue weighted by molar-refractivity contribution is -0.141. The molecule has 0 aromatic heterocycles. The standard InChI is InChI=1S/C9H16N4O2/c10-9(11)12-4-2-1-3-7(8(14)15)13-5-6-13/h5-7H,1-4H2,(H,14,15)(H4,10,11,12)/t7-/m0/s1. The van der Waals surface area contributed by atoms with Crippen molar-refractivity contribution in [3.63, 3.8) is 0 Å². The van der Waals surface area contributed by atoms with Crippen molar-refractivity contribution in [3.05, 3.63) is 12.4 Å². The first kappa shape index (κ1) is 11.4. The molecular formula is C9H16N4O2. The van der Waals surface area contributed by atoms with Gasteiger partial charge in [0.1, 0.15) is 6.04 Å². The van der Waals surface area contributed by atoms with E-state index in [4.69, 9.17) is 16.6 Å². The van der Waals surface area contributed by atoms with Crippen LogP contribution in [0.2, 0.25) is 0 Å². The molecule has 0 radical (unpaired) electrons. The van der Waals surface area contributed by atoms with Gasteiger partial charge >= 0.3 is 5.97 Å². The van der Waals surface area contributed by atoms with Gasteiger partial charge in [-0.15, -0.1) is 0 Å². The molecule has 1 aliphatic rings. The van der Waals surface area contributed by atoms with E-state index in [2.05, 4.69) is 4.99 Å². The van der Waals surface area contributed by atoms with Gasteiger partial charge in [0.2, 0.25) is 0 Å². The Bertz CT molecular complexity index is 278. The second-order valence-electron chi connectivity index (χ2n) is 3.40. The van der Waals surface area contributed by atoms with Crippen molar-refractivity contribution in [1.82, 2.24) is 4.90 Å². The van der Waals surface area contributed by atoms with Crippen LogP contribution < -0.4 is 11.5 Å². The van der Waals surface area contributed by atoms with E-state index < -0.39 is 12.0 Å². The van der Waals surface area contributed by atoms with Gasteiger partial charge in [-0.1, -0.05) is 0 Å². The number of nitrogens with two attached hydrogens (primary N) is 2. The molecule has 0 spiro atoms. The molecule has 1 heterocycles. The molecular weight excluding hydrogens is 196 g/mol. The van der Waals surface area contributed by atoms with Crippen LogP contribution in [0.25, 0.3) is 0 Å². The minimum atomic E-state index is -0.790. The van der Waals surface area contributed by atoms with Gasteiger partial charge in [-0.2, -0.15) is 0 Å². The molecule has 0 aliphatic carbocycles. The first-order valence-electron chi connectivity index (χ1n) is 4.85. The summed E-state index contributed by atoms with van der Waals surface area (Å²) < 4.78 is 0. The number of hydrogen-bond acceptors (Lipinski definition) is 3. The van der Waals surface area contributed by atoms with Crippen LogP contribution in [0.3, 0.4) is 0 Å². The molecule has 1 atom stereocenters. The second-order valence-corrected chi connectivity index (χ2v) is 3.40. The summed E-state index contributed by atoms with van der Waals surface area (Å²) in [6, 6.07) is -0.427. The topological polar surface area (TPSA) is 105 Å². The first-order valence-corrected chi connectivity index (χ1v) is 4.85. The van der Waals surface area contributed by atoms with Crippen molar-refractivity contribution in [2.24, 2.45) is 16.5 Å². The van der Waals surface area contributed by atoms with Crippen molar-refractivity contribution in [2.75, 3.05) is 6.54 Å². The summed E-state index contributed by atoms with van der Waals surface area (Å²) in [6.45, 7) is 0.558. The molecule has 0 saturated heterocycles. The van der Waals surface area contributed by atoms with Gasteiger partial charge in [-0.25, -0.2) is 4.79 Å². The van der Waals surface area contributed by atoms with Gasteiger partial charge in [0.15, 0.2) is 5.96 Å². The Morgan fingerprint density at radius 1 is 1.40 bits per heavy atom. The molecule has 6 nitrogen and oxygen atoms in total. The van der Waals surface area contributed by atoms with Gasteiger partial charge < -0.3 is 21.5 Å². The number of rotatable bonds is 7. The minimum absolute atomic E-state index is 0.0809. The molecule has 1 rings (SSSR count). The molecule has 0 amide bonds. The van der Waals surface area contributed by atoms with E-state index in [0.717, 1.165) is 12.8 Å². The molecule has 84 valence electrons. The van der Waals surface area contributed by atoms with Crippen LogP contribution >= 0.6 is 0 Å². The molecule has 6 heteroatoms. The Kier molecular flexibility index (Phi) is 3.96. The summed E-state index contributed by atoms with van der Waals surface area (Å²) >= 11 is 0. The van der Waals surface area contributed by atoms with Crippen LogP contribution in [-0.2, 0) is 4.79 Å². The fourth-order valence-electron chi connectivity index (χ4n) is 1.30. The van der Waals surface area contributed by atoms with Gasteiger partial charge in [-0.3, -0.25) is 4.99 Å². The first-order chi connectivity index (χ1) is 7.11. The zero-order chi connectivity index (χ0) is 11.3. The van der Waals surface area contributed by atoms with Crippen LogP contribution in [0.1, 0.15) is 19.3 Å². The molecule has 0 aromatic carbocycles. The summed E-state index contributed by atoms with van der Waals surface area (Å²) in [5.74, 6) is -0.709. The molecule has 5 N–H and O–H groups in total. The second kappa shape index (κ2) is 5.23. The van der Waals surface area contributed by atoms with Crippen LogP contribution in [0.4, 0.5) is 0 Å². The molecule has 0 unspecified atom stereocenters. The van der Waals surface area contributed by atoms with Crippen molar-refractivity contribution >= 4 is 11.9 Å². The van der Waals surface area contributed by atoms with Gasteiger partial charge in [0, 0.05) is 18.9 Å². The molecule has 0 saturated carbocycles. The van der Waals surface area contributed by atoms with Crippen LogP contribution in [0.15, 0.2) is 17.4 Å². The number of unbranched alkanes of at least 4 members (excludes halogenated alkanes) is 1. The predicted molar refractivity (Wildman–Crippen MR) is 56.9 cm³/mol. The quantitative estimate of drug-likeness (QED) is 0.304. The smallest absolute Gasteiger partial charge is 0.326 e. The Morgan fingerprint density at radius 2 is 2.07 bits per heavy atom. The number of aliphatic carboxylic acids is 1. The fourth-order valence-corrected chi connectivity index (χ4v) is 1.30. The zero-order valence-electron chi connectivity index (χ0n) is 8.47. The van der Waals surface area contributed by atoms with E-state index in [9.17, 15) is 4.79 Å². The maximum absolute atomic E-state index is 10.8. The minimum Gasteiger partial charge on any atom is -0.480 e. The molecule has 15 heavy (non-hydrogen) atoms. The normalized spacial score (nSPS) is 14.8. The average molecular weight is 212 g/mol. The maximum Gasteiger partial charge on any atom is 0.326 e. The number of nitrogens with zero attached hydrogens (tertiary/aromatic N) is 2. The van der Waals surface area contributed by atoms with Gasteiger partial charge in [0.25, 0.3) is 0 Å². The number of guanidine groups is 1. The highest BCUT2D eigenvalue weighted by Crippen LogP contribution is 2.18. The third-order valence-corrected chi connectivity index (χ3v) is 2.15. The highest BCUT2D eigenvalue weighted by molar-refractivity contribution is 5.75. The van der Waals surface area contributed by atoms with Crippen molar-refractivity contribution < 1.29 is 9.90 Å². The van der Waals surface area contributed by atoms with Crippen molar-refractivity contribution in [3.8, 4) is 0 Å². The van der Waals surface area contributed by atoms with E-state index in [1.54, 1.807) is 17.3 Å². The van der Waals surface area contributed by atoms with E-state index in [-0.39, 0.29) is 5.96 Å².